The molecule has 3 amide bonds. The summed E-state index contributed by atoms with van der Waals surface area (Å²) in [6.45, 7) is 3.47. The summed E-state index contributed by atoms with van der Waals surface area (Å²) >= 11 is 5.82. The van der Waals surface area contributed by atoms with Crippen LogP contribution in [-0.2, 0) is 14.4 Å². The Morgan fingerprint density at radius 1 is 1.10 bits per heavy atom. The largest absolute Gasteiger partial charge is 0.483 e. The lowest BCUT2D eigenvalue weighted by Crippen LogP contribution is -2.41. The normalized spacial score (nSPS) is 11.6. The number of halogens is 1. The Hall–Kier alpha value is -3.39. The predicted octanol–water partition coefficient (Wildman–Crippen LogP) is 2.72. The fourth-order valence-electron chi connectivity index (χ4n) is 2.19. The molecule has 0 aliphatic rings. The van der Waals surface area contributed by atoms with E-state index in [1.54, 1.807) is 55.5 Å². The first-order valence-electron chi connectivity index (χ1n) is 9.30. The maximum Gasteiger partial charge on any atom is 0.329 e. The zero-order valence-electron chi connectivity index (χ0n) is 16.6. The van der Waals surface area contributed by atoms with Crippen molar-refractivity contribution in [3.05, 3.63) is 59.1 Å². The molecule has 0 aliphatic carbocycles. The minimum absolute atomic E-state index is 0.111. The van der Waals surface area contributed by atoms with E-state index in [1.807, 2.05) is 6.92 Å². The Kier molecular flexibility index (Phi) is 8.83. The lowest BCUT2D eigenvalue weighted by atomic mass is 10.2. The smallest absolute Gasteiger partial charge is 0.329 e. The van der Waals surface area contributed by atoms with E-state index in [1.165, 1.54) is 6.21 Å². The van der Waals surface area contributed by atoms with Crippen LogP contribution in [0.2, 0.25) is 5.02 Å². The third-order valence-electron chi connectivity index (χ3n) is 3.97. The van der Waals surface area contributed by atoms with Crippen molar-refractivity contribution in [3.63, 3.8) is 0 Å². The molecule has 0 radical (unpaired) electrons. The topological polar surface area (TPSA) is 109 Å². The first kappa shape index (κ1) is 22.9. The monoisotopic (exact) mass is 430 g/mol. The van der Waals surface area contributed by atoms with Gasteiger partial charge in [0.1, 0.15) is 5.75 Å². The van der Waals surface area contributed by atoms with Crippen LogP contribution >= 0.6 is 11.6 Å². The molecule has 0 aliphatic heterocycles. The molecule has 2 aromatic carbocycles. The Balaban J connectivity index is 1.89. The molecule has 2 rings (SSSR count). The van der Waals surface area contributed by atoms with Crippen molar-refractivity contribution >= 4 is 41.2 Å². The number of nitrogens with one attached hydrogen (secondary N) is 3. The molecule has 0 aromatic heterocycles. The molecule has 0 bridgehead atoms. The van der Waals surface area contributed by atoms with Gasteiger partial charge in [-0.25, -0.2) is 5.43 Å². The van der Waals surface area contributed by atoms with E-state index in [0.717, 1.165) is 0 Å². The van der Waals surface area contributed by atoms with Crippen LogP contribution in [0.3, 0.4) is 0 Å². The number of anilines is 1. The molecule has 2 aromatic rings. The highest BCUT2D eigenvalue weighted by Crippen LogP contribution is 2.16. The van der Waals surface area contributed by atoms with Gasteiger partial charge in [0, 0.05) is 22.3 Å². The van der Waals surface area contributed by atoms with Gasteiger partial charge >= 0.3 is 11.8 Å². The van der Waals surface area contributed by atoms with Crippen molar-refractivity contribution < 1.29 is 19.1 Å². The number of hydrazone groups is 1. The zero-order valence-corrected chi connectivity index (χ0v) is 17.4. The van der Waals surface area contributed by atoms with Gasteiger partial charge in [-0.3, -0.25) is 14.4 Å². The lowest BCUT2D eigenvalue weighted by Gasteiger charge is -2.10. The van der Waals surface area contributed by atoms with Crippen LogP contribution in [0.15, 0.2) is 53.6 Å². The highest BCUT2D eigenvalue weighted by atomic mass is 35.5. The van der Waals surface area contributed by atoms with Gasteiger partial charge in [-0.1, -0.05) is 30.7 Å². The van der Waals surface area contributed by atoms with Crippen LogP contribution in [0.4, 0.5) is 5.69 Å². The Morgan fingerprint density at radius 3 is 2.50 bits per heavy atom. The van der Waals surface area contributed by atoms with Gasteiger partial charge in [0.05, 0.1) is 6.21 Å². The van der Waals surface area contributed by atoms with Crippen molar-refractivity contribution in [2.45, 2.75) is 26.3 Å². The van der Waals surface area contributed by atoms with Gasteiger partial charge in [-0.2, -0.15) is 5.10 Å². The minimum atomic E-state index is -0.868. The molecule has 0 fully saturated rings. The second-order valence-corrected chi connectivity index (χ2v) is 6.80. The molecule has 0 heterocycles. The van der Waals surface area contributed by atoms with Gasteiger partial charge in [0.25, 0.3) is 5.91 Å². The van der Waals surface area contributed by atoms with Crippen molar-refractivity contribution in [3.8, 4) is 5.75 Å². The second-order valence-electron chi connectivity index (χ2n) is 6.36. The number of hydrogen-bond donors (Lipinski definition) is 3. The summed E-state index contributed by atoms with van der Waals surface area (Å²) in [5, 5.41) is 9.59. The van der Waals surface area contributed by atoms with Crippen LogP contribution < -0.4 is 20.8 Å². The highest BCUT2D eigenvalue weighted by Gasteiger charge is 2.14. The summed E-state index contributed by atoms with van der Waals surface area (Å²) in [5.74, 6) is -1.58. The van der Waals surface area contributed by atoms with Crippen LogP contribution in [0.1, 0.15) is 25.8 Å². The number of benzene rings is 2. The maximum absolute atomic E-state index is 12.1. The van der Waals surface area contributed by atoms with Crippen molar-refractivity contribution in [2.75, 3.05) is 11.9 Å². The maximum atomic E-state index is 12.1. The van der Waals surface area contributed by atoms with Crippen molar-refractivity contribution in [1.82, 2.24) is 10.7 Å². The molecule has 8 nitrogen and oxygen atoms in total. The molecular weight excluding hydrogens is 408 g/mol. The Labute approximate surface area is 179 Å². The lowest BCUT2D eigenvalue weighted by molar-refractivity contribution is -0.139. The van der Waals surface area contributed by atoms with Crippen LogP contribution in [0.5, 0.6) is 5.75 Å². The molecule has 0 saturated heterocycles. The number of carbonyl (C=O) groups is 3. The van der Waals surface area contributed by atoms with E-state index in [4.69, 9.17) is 16.3 Å². The average Bonchev–Trinajstić information content (AvgIpc) is 2.74. The molecule has 0 saturated carbocycles. The van der Waals surface area contributed by atoms with Gasteiger partial charge in [0.15, 0.2) is 6.61 Å². The summed E-state index contributed by atoms with van der Waals surface area (Å²) in [5.41, 5.74) is 3.29. The molecule has 0 unspecified atom stereocenters. The van der Waals surface area contributed by atoms with E-state index in [9.17, 15) is 14.4 Å². The third kappa shape index (κ3) is 7.56. The third-order valence-corrected chi connectivity index (χ3v) is 4.22. The van der Waals surface area contributed by atoms with Crippen molar-refractivity contribution in [2.24, 2.45) is 5.10 Å². The SMILES string of the molecule is CC[C@H](C)NC(=O)C(=O)N/N=C\c1ccccc1OCC(=O)Nc1ccc(Cl)cc1. The summed E-state index contributed by atoms with van der Waals surface area (Å²) in [4.78, 5) is 35.5. The summed E-state index contributed by atoms with van der Waals surface area (Å²) in [6.07, 6.45) is 2.04. The van der Waals surface area contributed by atoms with Crippen LogP contribution in [0, 0.1) is 0 Å². The van der Waals surface area contributed by atoms with E-state index >= 15 is 0 Å². The highest BCUT2D eigenvalue weighted by molar-refractivity contribution is 6.35. The number of amides is 3. The molecular formula is C21H23ClN4O4. The average molecular weight is 431 g/mol. The number of carbonyl (C=O) groups excluding carboxylic acids is 3. The number of hydrogen-bond acceptors (Lipinski definition) is 5. The fraction of sp³-hybridized carbons (Fsp3) is 0.238. The molecule has 30 heavy (non-hydrogen) atoms. The fourth-order valence-corrected chi connectivity index (χ4v) is 2.32. The molecule has 3 N–H and O–H groups in total. The Bertz CT molecular complexity index is 915. The van der Waals surface area contributed by atoms with Gasteiger partial charge in [-0.15, -0.1) is 0 Å². The predicted molar refractivity (Wildman–Crippen MR) is 116 cm³/mol. The van der Waals surface area contributed by atoms with E-state index in [-0.39, 0.29) is 18.6 Å². The molecule has 158 valence electrons. The van der Waals surface area contributed by atoms with Crippen LogP contribution in [-0.4, -0.2) is 36.6 Å². The standard InChI is InChI=1S/C21H23ClN4O4/c1-3-14(2)24-20(28)21(29)26-23-12-15-6-4-5-7-18(15)30-13-19(27)25-17-10-8-16(22)9-11-17/h4-12,14H,3,13H2,1-2H3,(H,24,28)(H,25,27)(H,26,29)/b23-12-/t14-/m0/s1. The second kappa shape index (κ2) is 11.6. The van der Waals surface area contributed by atoms with Gasteiger partial charge in [0.2, 0.25) is 0 Å². The zero-order chi connectivity index (χ0) is 21.9. The van der Waals surface area contributed by atoms with Gasteiger partial charge < -0.3 is 15.4 Å². The summed E-state index contributed by atoms with van der Waals surface area (Å²) in [6, 6.07) is 13.4. The first-order valence-corrected chi connectivity index (χ1v) is 9.68. The summed E-state index contributed by atoms with van der Waals surface area (Å²) in [7, 11) is 0. The minimum Gasteiger partial charge on any atom is -0.483 e. The number of rotatable bonds is 8. The quantitative estimate of drug-likeness (QED) is 0.340. The number of ether oxygens (including phenoxy) is 1. The molecule has 9 heteroatoms. The van der Waals surface area contributed by atoms with Gasteiger partial charge in [-0.05, 0) is 49.7 Å². The van der Waals surface area contributed by atoms with E-state index in [0.29, 0.717) is 28.4 Å². The number of nitrogens with zero attached hydrogens (tertiary/aromatic N) is 1. The Morgan fingerprint density at radius 2 is 1.80 bits per heavy atom. The van der Waals surface area contributed by atoms with Crippen LogP contribution in [0.25, 0.3) is 0 Å². The molecule has 0 spiro atoms. The number of para-hydroxylation sites is 1. The first-order chi connectivity index (χ1) is 14.4. The molecule has 1 atom stereocenters. The van der Waals surface area contributed by atoms with Crippen molar-refractivity contribution in [1.29, 1.82) is 0 Å². The van der Waals surface area contributed by atoms with E-state index in [2.05, 4.69) is 21.2 Å². The summed E-state index contributed by atoms with van der Waals surface area (Å²) < 4.78 is 5.55. The van der Waals surface area contributed by atoms with E-state index < -0.39 is 11.8 Å².